The number of aliphatic imine (C=N–C) groups is 1. The van der Waals surface area contributed by atoms with Crippen LogP contribution in [0.2, 0.25) is 0 Å². The SMILES string of the molecule is CC1C=CC=CC1=NC1OC(=O)c2c(I)cccc21. The van der Waals surface area contributed by atoms with Crippen LogP contribution in [0.3, 0.4) is 0 Å². The topological polar surface area (TPSA) is 38.7 Å². The molecule has 0 spiro atoms. The molecule has 0 saturated heterocycles. The first-order chi connectivity index (χ1) is 9.16. The van der Waals surface area contributed by atoms with Crippen molar-refractivity contribution in [2.45, 2.75) is 13.2 Å². The molecule has 0 saturated carbocycles. The highest BCUT2D eigenvalue weighted by Crippen LogP contribution is 2.34. The van der Waals surface area contributed by atoms with Gasteiger partial charge >= 0.3 is 5.97 Å². The Bertz CT molecular complexity index is 631. The van der Waals surface area contributed by atoms with Gasteiger partial charge in [-0.1, -0.05) is 37.3 Å². The number of carbonyl (C=O) groups is 1. The van der Waals surface area contributed by atoms with Gasteiger partial charge in [-0.05, 0) is 34.7 Å². The third-order valence-corrected chi connectivity index (χ3v) is 4.14. The highest BCUT2D eigenvalue weighted by molar-refractivity contribution is 14.1. The monoisotopic (exact) mass is 365 g/mol. The second-order valence-electron chi connectivity index (χ2n) is 4.55. The van der Waals surface area contributed by atoms with Gasteiger partial charge in [0.05, 0.1) is 5.56 Å². The van der Waals surface area contributed by atoms with Crippen LogP contribution in [-0.4, -0.2) is 11.7 Å². The van der Waals surface area contributed by atoms with Crippen LogP contribution in [0.25, 0.3) is 0 Å². The normalized spacial score (nSPS) is 26.6. The number of ether oxygens (including phenoxy) is 1. The van der Waals surface area contributed by atoms with Gasteiger partial charge in [-0.25, -0.2) is 9.79 Å². The third kappa shape index (κ3) is 2.25. The van der Waals surface area contributed by atoms with Crippen LogP contribution in [0.1, 0.15) is 29.1 Å². The fourth-order valence-electron chi connectivity index (χ4n) is 2.21. The summed E-state index contributed by atoms with van der Waals surface area (Å²) in [6, 6.07) is 5.74. The second kappa shape index (κ2) is 4.92. The Hall–Kier alpha value is -1.43. The maximum absolute atomic E-state index is 11.9. The molecular formula is C15H12INO2. The van der Waals surface area contributed by atoms with E-state index in [9.17, 15) is 4.79 Å². The van der Waals surface area contributed by atoms with Crippen LogP contribution < -0.4 is 0 Å². The molecule has 2 atom stereocenters. The maximum Gasteiger partial charge on any atom is 0.341 e. The molecule has 3 rings (SSSR count). The molecule has 1 heterocycles. The number of halogens is 1. The quantitative estimate of drug-likeness (QED) is 0.563. The van der Waals surface area contributed by atoms with Crippen molar-refractivity contribution >= 4 is 34.3 Å². The standard InChI is InChI=1S/C15H12INO2/c1-9-5-2-3-8-12(9)17-14-10-6-4-7-11(16)13(10)15(18)19-14/h2-9,14H,1H3. The van der Waals surface area contributed by atoms with Crippen molar-refractivity contribution in [3.63, 3.8) is 0 Å². The molecule has 0 N–H and O–H groups in total. The lowest BCUT2D eigenvalue weighted by Gasteiger charge is -2.13. The lowest BCUT2D eigenvalue weighted by Crippen LogP contribution is -2.10. The van der Waals surface area contributed by atoms with E-state index in [4.69, 9.17) is 4.74 Å². The third-order valence-electron chi connectivity index (χ3n) is 3.25. The van der Waals surface area contributed by atoms with Crippen molar-refractivity contribution < 1.29 is 9.53 Å². The van der Waals surface area contributed by atoms with E-state index in [0.29, 0.717) is 5.56 Å². The number of hydrogen-bond donors (Lipinski definition) is 0. The van der Waals surface area contributed by atoms with Crippen LogP contribution in [0.15, 0.2) is 47.5 Å². The smallest absolute Gasteiger partial charge is 0.341 e. The molecule has 19 heavy (non-hydrogen) atoms. The number of nitrogens with zero attached hydrogens (tertiary/aromatic N) is 1. The Morgan fingerprint density at radius 2 is 2.16 bits per heavy atom. The Kier molecular flexibility index (Phi) is 3.26. The van der Waals surface area contributed by atoms with Gasteiger partial charge in [0.15, 0.2) is 0 Å². The van der Waals surface area contributed by atoms with E-state index in [-0.39, 0.29) is 11.9 Å². The van der Waals surface area contributed by atoms with Crippen molar-refractivity contribution in [1.29, 1.82) is 0 Å². The van der Waals surface area contributed by atoms with Gasteiger partial charge in [-0.2, -0.15) is 0 Å². The average Bonchev–Trinajstić information content (AvgIpc) is 2.71. The summed E-state index contributed by atoms with van der Waals surface area (Å²) in [5.74, 6) is -0.0344. The Labute approximate surface area is 125 Å². The van der Waals surface area contributed by atoms with Gasteiger partial charge in [0.25, 0.3) is 0 Å². The van der Waals surface area contributed by atoms with Gasteiger partial charge in [0.2, 0.25) is 6.23 Å². The molecule has 1 aromatic carbocycles. The molecule has 0 amide bonds. The molecular weight excluding hydrogens is 353 g/mol. The van der Waals surface area contributed by atoms with Crippen molar-refractivity contribution in [1.82, 2.24) is 0 Å². The number of benzene rings is 1. The van der Waals surface area contributed by atoms with Crippen molar-refractivity contribution in [2.24, 2.45) is 10.9 Å². The fraction of sp³-hybridized carbons (Fsp3) is 0.200. The van der Waals surface area contributed by atoms with E-state index in [1.54, 1.807) is 0 Å². The zero-order valence-electron chi connectivity index (χ0n) is 10.3. The average molecular weight is 365 g/mol. The Balaban J connectivity index is 2.00. The molecule has 0 aromatic heterocycles. The zero-order chi connectivity index (χ0) is 13.4. The minimum Gasteiger partial charge on any atom is -0.432 e. The van der Waals surface area contributed by atoms with Crippen molar-refractivity contribution in [3.8, 4) is 0 Å². The summed E-state index contributed by atoms with van der Waals surface area (Å²) in [5.41, 5.74) is 2.45. The molecule has 0 fully saturated rings. The van der Waals surface area contributed by atoms with Gasteiger partial charge in [-0.15, -0.1) is 0 Å². The Morgan fingerprint density at radius 3 is 2.95 bits per heavy atom. The predicted molar refractivity (Wildman–Crippen MR) is 82.2 cm³/mol. The summed E-state index contributed by atoms with van der Waals surface area (Å²) in [6.07, 6.45) is 7.48. The molecule has 0 bridgehead atoms. The summed E-state index contributed by atoms with van der Waals surface area (Å²) in [5, 5.41) is 0. The van der Waals surface area contributed by atoms with Gasteiger partial charge in [-0.3, -0.25) is 0 Å². The molecule has 3 nitrogen and oxygen atoms in total. The van der Waals surface area contributed by atoms with Crippen molar-refractivity contribution in [2.75, 3.05) is 0 Å². The summed E-state index contributed by atoms with van der Waals surface area (Å²) >= 11 is 2.15. The number of allylic oxidation sites excluding steroid dienone is 4. The predicted octanol–water partition coefficient (Wildman–Crippen LogP) is 3.66. The van der Waals surface area contributed by atoms with Crippen molar-refractivity contribution in [3.05, 3.63) is 57.2 Å². The maximum atomic E-state index is 11.9. The van der Waals surface area contributed by atoms with Gasteiger partial charge in [0, 0.05) is 20.8 Å². The number of cyclic esters (lactones) is 1. The summed E-state index contributed by atoms with van der Waals surface area (Å²) in [6.45, 7) is 2.07. The molecule has 2 aliphatic rings. The van der Waals surface area contributed by atoms with Gasteiger partial charge in [0.1, 0.15) is 0 Å². The van der Waals surface area contributed by atoms with Gasteiger partial charge < -0.3 is 4.74 Å². The lowest BCUT2D eigenvalue weighted by molar-refractivity contribution is 0.0403. The number of fused-ring (bicyclic) bond motifs is 1. The summed E-state index contributed by atoms with van der Waals surface area (Å²) in [4.78, 5) is 16.5. The van der Waals surface area contributed by atoms with Crippen LogP contribution in [-0.2, 0) is 4.74 Å². The van der Waals surface area contributed by atoms with Crippen LogP contribution >= 0.6 is 22.6 Å². The fourth-order valence-corrected chi connectivity index (χ4v) is 2.95. The largest absolute Gasteiger partial charge is 0.432 e. The molecule has 1 aliphatic carbocycles. The van der Waals surface area contributed by atoms with E-state index in [1.807, 2.05) is 36.4 Å². The first-order valence-corrected chi connectivity index (χ1v) is 7.16. The number of carbonyl (C=O) groups excluding carboxylic acids is 1. The number of rotatable bonds is 1. The summed E-state index contributed by atoms with van der Waals surface area (Å²) in [7, 11) is 0. The lowest BCUT2D eigenvalue weighted by atomic mass is 10.0. The summed E-state index contributed by atoms with van der Waals surface area (Å²) < 4.78 is 6.29. The first-order valence-electron chi connectivity index (χ1n) is 6.09. The van der Waals surface area contributed by atoms with E-state index in [2.05, 4.69) is 40.6 Å². The molecule has 96 valence electrons. The minimum atomic E-state index is -0.509. The van der Waals surface area contributed by atoms with Crippen LogP contribution in [0.5, 0.6) is 0 Å². The van der Waals surface area contributed by atoms with E-state index < -0.39 is 6.23 Å². The van der Waals surface area contributed by atoms with Crippen LogP contribution in [0.4, 0.5) is 0 Å². The molecule has 1 aliphatic heterocycles. The van der Waals surface area contributed by atoms with E-state index >= 15 is 0 Å². The highest BCUT2D eigenvalue weighted by atomic mass is 127. The zero-order valence-corrected chi connectivity index (χ0v) is 12.5. The number of esters is 1. The van der Waals surface area contributed by atoms with Crippen LogP contribution in [0, 0.1) is 9.49 Å². The molecule has 1 aromatic rings. The van der Waals surface area contributed by atoms with E-state index in [1.165, 1.54) is 0 Å². The molecule has 0 radical (unpaired) electrons. The first kappa shape index (κ1) is 12.6. The highest BCUT2D eigenvalue weighted by Gasteiger charge is 2.32. The number of hydrogen-bond acceptors (Lipinski definition) is 3. The van der Waals surface area contributed by atoms with E-state index in [0.717, 1.165) is 14.8 Å². The second-order valence-corrected chi connectivity index (χ2v) is 5.71. The molecule has 2 unspecified atom stereocenters. The minimum absolute atomic E-state index is 0.246. The Morgan fingerprint density at radius 1 is 1.32 bits per heavy atom. The molecule has 4 heteroatoms.